The van der Waals surface area contributed by atoms with E-state index in [1.165, 1.54) is 6.07 Å². The van der Waals surface area contributed by atoms with Crippen molar-refractivity contribution in [1.29, 1.82) is 0 Å². The van der Waals surface area contributed by atoms with E-state index in [4.69, 9.17) is 4.74 Å². The maximum Gasteiger partial charge on any atom is 0.417 e. The summed E-state index contributed by atoms with van der Waals surface area (Å²) in [5.41, 5.74) is -0.811. The van der Waals surface area contributed by atoms with Crippen molar-refractivity contribution in [1.82, 2.24) is 20.5 Å². The molecule has 2 N–H and O–H groups in total. The van der Waals surface area contributed by atoms with E-state index in [-0.39, 0.29) is 30.4 Å². The van der Waals surface area contributed by atoms with Gasteiger partial charge in [0.2, 0.25) is 11.8 Å². The Morgan fingerprint density at radius 1 is 1.30 bits per heavy atom. The number of aromatic nitrogens is 1. The Labute approximate surface area is 174 Å². The number of hydrogen-bond donors (Lipinski definition) is 2. The maximum absolute atomic E-state index is 12.5. The van der Waals surface area contributed by atoms with Gasteiger partial charge < -0.3 is 20.3 Å². The molecule has 0 aromatic carbocycles. The molecule has 2 aliphatic rings. The number of likely N-dealkylation sites (tertiary alicyclic amines) is 1. The topological polar surface area (TPSA) is 78.9 Å². The Hall–Kier alpha value is -2.52. The number of hydrogen-bond acceptors (Lipinski definition) is 4. The molecule has 30 heavy (non-hydrogen) atoms. The third-order valence-electron chi connectivity index (χ3n) is 5.48. The highest BCUT2D eigenvalue weighted by molar-refractivity contribution is 5.81. The average Bonchev–Trinajstić information content (AvgIpc) is 3.41. The van der Waals surface area contributed by atoms with E-state index >= 15 is 0 Å². The predicted octanol–water partition coefficient (Wildman–Crippen LogP) is 2.44. The van der Waals surface area contributed by atoms with Crippen molar-refractivity contribution in [3.63, 3.8) is 0 Å². The van der Waals surface area contributed by atoms with E-state index in [1.54, 1.807) is 7.05 Å². The van der Waals surface area contributed by atoms with Crippen LogP contribution in [-0.4, -0.2) is 61.1 Å². The van der Waals surface area contributed by atoms with Crippen molar-refractivity contribution >= 4 is 11.9 Å². The smallest absolute Gasteiger partial charge is 0.417 e. The number of halogens is 3. The summed E-state index contributed by atoms with van der Waals surface area (Å²) in [6.45, 7) is 2.05. The fourth-order valence-corrected chi connectivity index (χ4v) is 3.86. The van der Waals surface area contributed by atoms with Crippen LogP contribution in [0.15, 0.2) is 23.3 Å². The minimum absolute atomic E-state index is 0.129. The molecule has 1 aliphatic heterocycles. The zero-order valence-corrected chi connectivity index (χ0v) is 17.0. The molecule has 1 amide bonds. The van der Waals surface area contributed by atoms with Crippen LogP contribution in [0, 0.1) is 5.92 Å². The molecule has 1 aromatic rings. The SMILES string of the molecule is CN=C(NCCOc1ccc(C(F)(F)F)cn1)NC1CCN(C(=O)C2CCCC2)C1. The van der Waals surface area contributed by atoms with E-state index in [9.17, 15) is 18.0 Å². The quantitative estimate of drug-likeness (QED) is 0.414. The molecule has 1 atom stereocenters. The van der Waals surface area contributed by atoms with E-state index in [0.29, 0.717) is 19.0 Å². The number of nitrogens with zero attached hydrogens (tertiary/aromatic N) is 3. The summed E-state index contributed by atoms with van der Waals surface area (Å²) in [7, 11) is 1.66. The molecule has 1 aromatic heterocycles. The minimum atomic E-state index is -4.41. The zero-order chi connectivity index (χ0) is 21.6. The summed E-state index contributed by atoms with van der Waals surface area (Å²) in [6.07, 6.45) is 1.50. The van der Waals surface area contributed by atoms with Gasteiger partial charge in [-0.25, -0.2) is 4.98 Å². The van der Waals surface area contributed by atoms with Crippen LogP contribution in [0.5, 0.6) is 5.88 Å². The highest BCUT2D eigenvalue weighted by Crippen LogP contribution is 2.29. The first-order chi connectivity index (χ1) is 14.4. The fraction of sp³-hybridized carbons (Fsp3) is 0.650. The van der Waals surface area contributed by atoms with E-state index < -0.39 is 11.7 Å². The van der Waals surface area contributed by atoms with Crippen molar-refractivity contribution in [3.8, 4) is 5.88 Å². The molecule has 2 heterocycles. The van der Waals surface area contributed by atoms with Crippen molar-refractivity contribution in [2.24, 2.45) is 10.9 Å². The number of ether oxygens (including phenoxy) is 1. The Bertz CT molecular complexity index is 733. The zero-order valence-electron chi connectivity index (χ0n) is 17.0. The van der Waals surface area contributed by atoms with Crippen LogP contribution >= 0.6 is 0 Å². The van der Waals surface area contributed by atoms with Gasteiger partial charge in [0.15, 0.2) is 5.96 Å². The van der Waals surface area contributed by atoms with E-state index in [0.717, 1.165) is 50.9 Å². The van der Waals surface area contributed by atoms with Gasteiger partial charge in [-0.2, -0.15) is 13.2 Å². The van der Waals surface area contributed by atoms with Crippen LogP contribution in [0.25, 0.3) is 0 Å². The number of aliphatic imine (C=N–C) groups is 1. The Morgan fingerprint density at radius 2 is 2.07 bits per heavy atom. The van der Waals surface area contributed by atoms with Gasteiger partial charge in [-0.1, -0.05) is 12.8 Å². The molecule has 1 saturated heterocycles. The summed E-state index contributed by atoms with van der Waals surface area (Å²) in [5.74, 6) is 1.19. The lowest BCUT2D eigenvalue weighted by Crippen LogP contribution is -2.46. The van der Waals surface area contributed by atoms with E-state index in [1.807, 2.05) is 4.90 Å². The number of amides is 1. The average molecular weight is 427 g/mol. The van der Waals surface area contributed by atoms with Crippen LogP contribution in [0.2, 0.25) is 0 Å². The number of rotatable bonds is 6. The molecule has 0 radical (unpaired) electrons. The molecule has 7 nitrogen and oxygen atoms in total. The van der Waals surface area contributed by atoms with Gasteiger partial charge >= 0.3 is 6.18 Å². The molecule has 1 aliphatic carbocycles. The number of nitrogens with one attached hydrogen (secondary N) is 2. The molecule has 0 spiro atoms. The fourth-order valence-electron chi connectivity index (χ4n) is 3.86. The van der Waals surface area contributed by atoms with Crippen molar-refractivity contribution in [2.45, 2.75) is 44.3 Å². The first kappa shape index (κ1) is 22.2. The standard InChI is InChI=1S/C20H28F3N5O2/c1-24-19(25-9-11-30-17-7-6-15(12-26-17)20(21,22)23)27-16-8-10-28(13-16)18(29)14-4-2-3-5-14/h6-7,12,14,16H,2-5,8-11,13H2,1H3,(H2,24,25,27). The number of carbonyl (C=O) groups excluding carboxylic acids is 1. The Kier molecular flexibility index (Phi) is 7.38. The highest BCUT2D eigenvalue weighted by atomic mass is 19.4. The van der Waals surface area contributed by atoms with Gasteiger partial charge in [0.05, 0.1) is 12.1 Å². The second kappa shape index (κ2) is 9.99. The first-order valence-electron chi connectivity index (χ1n) is 10.3. The minimum Gasteiger partial charge on any atom is -0.476 e. The molecule has 1 saturated carbocycles. The second-order valence-corrected chi connectivity index (χ2v) is 7.63. The number of pyridine rings is 1. The van der Waals surface area contributed by atoms with Gasteiger partial charge in [-0.05, 0) is 25.3 Å². The Balaban J connectivity index is 1.36. The molecule has 1 unspecified atom stereocenters. The molecule has 2 fully saturated rings. The van der Waals surface area contributed by atoms with Crippen molar-refractivity contribution in [3.05, 3.63) is 23.9 Å². The van der Waals surface area contributed by atoms with Gasteiger partial charge in [0.1, 0.15) is 6.61 Å². The summed E-state index contributed by atoms with van der Waals surface area (Å²) < 4.78 is 43.0. The lowest BCUT2D eigenvalue weighted by Gasteiger charge is -2.21. The Morgan fingerprint density at radius 3 is 2.70 bits per heavy atom. The van der Waals surface area contributed by atoms with Gasteiger partial charge in [-0.15, -0.1) is 0 Å². The van der Waals surface area contributed by atoms with E-state index in [2.05, 4.69) is 20.6 Å². The number of guanidine groups is 1. The largest absolute Gasteiger partial charge is 0.476 e. The van der Waals surface area contributed by atoms with Crippen LogP contribution in [-0.2, 0) is 11.0 Å². The first-order valence-corrected chi connectivity index (χ1v) is 10.3. The molecular weight excluding hydrogens is 399 g/mol. The normalized spacial score (nSPS) is 20.5. The third-order valence-corrected chi connectivity index (χ3v) is 5.48. The van der Waals surface area contributed by atoms with Crippen molar-refractivity contribution < 1.29 is 22.7 Å². The molecule has 3 rings (SSSR count). The van der Waals surface area contributed by atoms with Crippen LogP contribution in [0.3, 0.4) is 0 Å². The molecule has 166 valence electrons. The number of carbonyl (C=O) groups is 1. The van der Waals surface area contributed by atoms with Gasteiger partial charge in [0.25, 0.3) is 0 Å². The van der Waals surface area contributed by atoms with Gasteiger partial charge in [-0.3, -0.25) is 9.79 Å². The maximum atomic E-state index is 12.5. The second-order valence-electron chi connectivity index (χ2n) is 7.63. The summed E-state index contributed by atoms with van der Waals surface area (Å²) >= 11 is 0. The van der Waals surface area contributed by atoms with Crippen LogP contribution in [0.1, 0.15) is 37.7 Å². The molecule has 0 bridgehead atoms. The summed E-state index contributed by atoms with van der Waals surface area (Å²) in [6, 6.07) is 2.28. The summed E-state index contributed by atoms with van der Waals surface area (Å²) in [4.78, 5) is 22.3. The lowest BCUT2D eigenvalue weighted by molar-refractivity contribution is -0.138. The van der Waals surface area contributed by atoms with Gasteiger partial charge in [0, 0.05) is 44.4 Å². The monoisotopic (exact) mass is 427 g/mol. The predicted molar refractivity (Wildman–Crippen MR) is 106 cm³/mol. The third kappa shape index (κ3) is 5.99. The molecule has 10 heteroatoms. The lowest BCUT2D eigenvalue weighted by atomic mass is 10.1. The molecular formula is C20H28F3N5O2. The van der Waals surface area contributed by atoms with Crippen LogP contribution in [0.4, 0.5) is 13.2 Å². The van der Waals surface area contributed by atoms with Crippen molar-refractivity contribution in [2.75, 3.05) is 33.3 Å². The number of alkyl halides is 3. The summed E-state index contributed by atoms with van der Waals surface area (Å²) in [5, 5.41) is 6.42. The highest BCUT2D eigenvalue weighted by Gasteiger charge is 2.32. The van der Waals surface area contributed by atoms with Crippen LogP contribution < -0.4 is 15.4 Å².